The quantitative estimate of drug-likeness (QED) is 0.341. The van der Waals surface area contributed by atoms with Crippen molar-refractivity contribution in [1.82, 2.24) is 0 Å². The van der Waals surface area contributed by atoms with Crippen molar-refractivity contribution < 1.29 is 8.78 Å². The van der Waals surface area contributed by atoms with Gasteiger partial charge in [-0.3, -0.25) is 0 Å². The van der Waals surface area contributed by atoms with Crippen LogP contribution in [0.1, 0.15) is 46.3 Å². The van der Waals surface area contributed by atoms with E-state index in [2.05, 4.69) is 34.7 Å². The summed E-state index contributed by atoms with van der Waals surface area (Å²) in [5.41, 5.74) is 4.34. The SMILES string of the molecule is FC1=C(F)C2CSc3cc4c(cc3C(I)C2CC1)CCCC4. The molecule has 1 heterocycles. The Hall–Kier alpha value is -0.100. The summed E-state index contributed by atoms with van der Waals surface area (Å²) in [6.07, 6.45) is 5.95. The standard InChI is InChI=1S/C18H19F2IS/c19-15-6-5-12-14(17(15)20)9-22-16-8-11-4-2-1-3-10(11)7-13(16)18(12)21/h7-8,12,14,18H,1-6,9H2. The van der Waals surface area contributed by atoms with Gasteiger partial charge in [-0.1, -0.05) is 28.7 Å². The number of alkyl halides is 1. The normalized spacial score (nSPS) is 31.1. The minimum Gasteiger partial charge on any atom is -0.209 e. The molecule has 4 heteroatoms. The number of rotatable bonds is 0. The van der Waals surface area contributed by atoms with Crippen LogP contribution < -0.4 is 0 Å². The van der Waals surface area contributed by atoms with Crippen molar-refractivity contribution >= 4 is 34.4 Å². The monoisotopic (exact) mass is 432 g/mol. The molecule has 2 aliphatic carbocycles. The predicted octanol–water partition coefficient (Wildman–Crippen LogP) is 6.32. The van der Waals surface area contributed by atoms with Crippen LogP contribution in [-0.4, -0.2) is 5.75 Å². The molecule has 22 heavy (non-hydrogen) atoms. The predicted molar refractivity (Wildman–Crippen MR) is 96.0 cm³/mol. The van der Waals surface area contributed by atoms with Crippen LogP contribution in [0.15, 0.2) is 28.7 Å². The van der Waals surface area contributed by atoms with Gasteiger partial charge in [0.2, 0.25) is 0 Å². The second-order valence-corrected chi connectivity index (χ2v) is 9.04. The fraction of sp³-hybridized carbons (Fsp3) is 0.556. The number of aryl methyl sites for hydroxylation is 2. The number of allylic oxidation sites excluding steroid dienone is 2. The van der Waals surface area contributed by atoms with Gasteiger partial charge in [0, 0.05) is 26.9 Å². The van der Waals surface area contributed by atoms with Gasteiger partial charge in [0.25, 0.3) is 0 Å². The van der Waals surface area contributed by atoms with Crippen LogP contribution in [0.4, 0.5) is 8.78 Å². The van der Waals surface area contributed by atoms with E-state index < -0.39 is 11.7 Å². The van der Waals surface area contributed by atoms with Gasteiger partial charge >= 0.3 is 0 Å². The van der Waals surface area contributed by atoms with E-state index in [-0.39, 0.29) is 18.3 Å². The van der Waals surface area contributed by atoms with Gasteiger partial charge in [0.05, 0.1) is 0 Å². The van der Waals surface area contributed by atoms with Gasteiger partial charge in [-0.15, -0.1) is 11.8 Å². The summed E-state index contributed by atoms with van der Waals surface area (Å²) in [5, 5.41) is 0. The van der Waals surface area contributed by atoms with Gasteiger partial charge < -0.3 is 0 Å². The summed E-state index contributed by atoms with van der Waals surface area (Å²) >= 11 is 4.21. The van der Waals surface area contributed by atoms with Crippen molar-refractivity contribution in [3.63, 3.8) is 0 Å². The third kappa shape index (κ3) is 2.54. The van der Waals surface area contributed by atoms with Gasteiger partial charge in [0.1, 0.15) is 11.7 Å². The van der Waals surface area contributed by atoms with Crippen LogP contribution in [0, 0.1) is 11.8 Å². The molecule has 0 fully saturated rings. The van der Waals surface area contributed by atoms with E-state index in [1.807, 2.05) is 0 Å². The van der Waals surface area contributed by atoms with Crippen LogP contribution in [0.3, 0.4) is 0 Å². The highest BCUT2D eigenvalue weighted by atomic mass is 127. The maximum atomic E-state index is 14.3. The number of hydrogen-bond acceptors (Lipinski definition) is 1. The molecule has 0 bridgehead atoms. The summed E-state index contributed by atoms with van der Waals surface area (Å²) in [5.74, 6) is -0.311. The van der Waals surface area contributed by atoms with E-state index in [1.54, 1.807) is 11.8 Å². The van der Waals surface area contributed by atoms with Crippen molar-refractivity contribution in [1.29, 1.82) is 0 Å². The Bertz CT molecular complexity index is 640. The van der Waals surface area contributed by atoms with Crippen molar-refractivity contribution in [3.8, 4) is 0 Å². The minimum atomic E-state index is -0.504. The first kappa shape index (κ1) is 15.4. The topological polar surface area (TPSA) is 0 Å². The Morgan fingerprint density at radius 3 is 2.55 bits per heavy atom. The lowest BCUT2D eigenvalue weighted by atomic mass is 9.79. The van der Waals surface area contributed by atoms with Gasteiger partial charge in [-0.25, -0.2) is 8.78 Å². The molecule has 118 valence electrons. The lowest BCUT2D eigenvalue weighted by molar-refractivity contribution is 0.278. The Labute approximate surface area is 148 Å². The van der Waals surface area contributed by atoms with Crippen LogP contribution >= 0.6 is 34.4 Å². The highest BCUT2D eigenvalue weighted by Gasteiger charge is 2.40. The molecule has 0 aromatic heterocycles. The zero-order chi connectivity index (χ0) is 15.3. The fourth-order valence-electron chi connectivity index (χ4n) is 4.08. The fourth-order valence-corrected chi connectivity index (χ4v) is 7.00. The molecule has 0 nitrogen and oxygen atoms in total. The van der Waals surface area contributed by atoms with Crippen molar-refractivity contribution in [2.24, 2.45) is 11.8 Å². The van der Waals surface area contributed by atoms with E-state index in [4.69, 9.17) is 0 Å². The highest BCUT2D eigenvalue weighted by molar-refractivity contribution is 14.1. The Balaban J connectivity index is 1.76. The van der Waals surface area contributed by atoms with E-state index in [0.29, 0.717) is 9.68 Å². The van der Waals surface area contributed by atoms with E-state index in [9.17, 15) is 8.78 Å². The maximum absolute atomic E-state index is 14.3. The molecule has 0 amide bonds. The summed E-state index contributed by atoms with van der Waals surface area (Å²) in [4.78, 5) is 1.31. The number of fused-ring (bicyclic) bond motifs is 3. The molecule has 1 aliphatic heterocycles. The highest BCUT2D eigenvalue weighted by Crippen LogP contribution is 2.53. The molecule has 0 radical (unpaired) electrons. The summed E-state index contributed by atoms with van der Waals surface area (Å²) in [7, 11) is 0. The van der Waals surface area contributed by atoms with Crippen molar-refractivity contribution in [2.45, 2.75) is 47.3 Å². The molecular weight excluding hydrogens is 413 g/mol. The molecule has 3 atom stereocenters. The lowest BCUT2D eigenvalue weighted by Crippen LogP contribution is -2.24. The van der Waals surface area contributed by atoms with Gasteiger partial charge in [-0.05, 0) is 60.8 Å². The zero-order valence-electron chi connectivity index (χ0n) is 12.4. The molecule has 3 unspecified atom stereocenters. The number of halogens is 3. The molecule has 4 rings (SSSR count). The van der Waals surface area contributed by atoms with Crippen molar-refractivity contribution in [3.05, 3.63) is 40.5 Å². The third-order valence-electron chi connectivity index (χ3n) is 5.36. The molecule has 1 aromatic rings. The molecule has 0 spiro atoms. The average molecular weight is 432 g/mol. The van der Waals surface area contributed by atoms with Gasteiger partial charge in [-0.2, -0.15) is 0 Å². The van der Waals surface area contributed by atoms with E-state index >= 15 is 0 Å². The Morgan fingerprint density at radius 1 is 1.05 bits per heavy atom. The van der Waals surface area contributed by atoms with E-state index in [1.165, 1.54) is 47.3 Å². The molecular formula is C18H19F2IS. The second-order valence-electron chi connectivity index (χ2n) is 6.64. The smallest absolute Gasteiger partial charge is 0.135 e. The first-order valence-corrected chi connectivity index (χ1v) is 10.3. The summed E-state index contributed by atoms with van der Waals surface area (Å²) < 4.78 is 28.2. The minimum absolute atomic E-state index is 0.232. The van der Waals surface area contributed by atoms with E-state index in [0.717, 1.165) is 6.42 Å². The number of benzene rings is 1. The average Bonchev–Trinajstić information content (AvgIpc) is 2.67. The van der Waals surface area contributed by atoms with Crippen molar-refractivity contribution in [2.75, 3.05) is 5.75 Å². The summed E-state index contributed by atoms with van der Waals surface area (Å²) in [6.45, 7) is 0. The second kappa shape index (κ2) is 6.08. The number of hydrogen-bond donors (Lipinski definition) is 0. The Kier molecular flexibility index (Phi) is 4.26. The van der Waals surface area contributed by atoms with Gasteiger partial charge in [0.15, 0.2) is 0 Å². The molecule has 1 aromatic carbocycles. The van der Waals surface area contributed by atoms with Crippen LogP contribution in [0.25, 0.3) is 0 Å². The zero-order valence-corrected chi connectivity index (χ0v) is 15.4. The molecule has 0 saturated heterocycles. The largest absolute Gasteiger partial charge is 0.209 e. The number of thioether (sulfide) groups is 1. The third-order valence-corrected chi connectivity index (χ3v) is 8.15. The van der Waals surface area contributed by atoms with Crippen LogP contribution in [0.2, 0.25) is 0 Å². The maximum Gasteiger partial charge on any atom is 0.135 e. The lowest BCUT2D eigenvalue weighted by Gasteiger charge is -2.31. The molecule has 0 saturated carbocycles. The van der Waals surface area contributed by atoms with Crippen LogP contribution in [-0.2, 0) is 12.8 Å². The van der Waals surface area contributed by atoms with Crippen LogP contribution in [0.5, 0.6) is 0 Å². The summed E-state index contributed by atoms with van der Waals surface area (Å²) in [6, 6.07) is 4.72. The molecule has 0 N–H and O–H groups in total. The Morgan fingerprint density at radius 2 is 1.77 bits per heavy atom. The first-order chi connectivity index (χ1) is 10.6. The first-order valence-electron chi connectivity index (χ1n) is 8.11. The molecule has 3 aliphatic rings.